The molecule has 0 saturated carbocycles. The van der Waals surface area contributed by atoms with Crippen LogP contribution in [0.1, 0.15) is 0 Å². The third-order valence-electron chi connectivity index (χ3n) is 3.07. The van der Waals surface area contributed by atoms with Crippen LogP contribution in [0.5, 0.6) is 5.75 Å². The fraction of sp³-hybridized carbons (Fsp3) is 0.417. The third kappa shape index (κ3) is 2.55. The zero-order chi connectivity index (χ0) is 14.0. The first-order chi connectivity index (χ1) is 9.04. The Morgan fingerprint density at radius 2 is 2.32 bits per heavy atom. The molecule has 1 aromatic rings. The maximum absolute atomic E-state index is 13.5. The van der Waals surface area contributed by atoms with Crippen molar-refractivity contribution < 1.29 is 18.7 Å². The minimum absolute atomic E-state index is 0.0684. The van der Waals surface area contributed by atoms with E-state index in [4.69, 9.17) is 20.9 Å². The van der Waals surface area contributed by atoms with Gasteiger partial charge < -0.3 is 25.8 Å². The van der Waals surface area contributed by atoms with Crippen LogP contribution in [0.4, 0.5) is 15.8 Å². The van der Waals surface area contributed by atoms with Crippen LogP contribution in [-0.2, 0) is 9.53 Å². The van der Waals surface area contributed by atoms with Gasteiger partial charge in [0, 0.05) is 18.7 Å². The van der Waals surface area contributed by atoms with E-state index in [0.29, 0.717) is 18.8 Å². The molecule has 19 heavy (non-hydrogen) atoms. The molecule has 2 rings (SSSR count). The summed E-state index contributed by atoms with van der Waals surface area (Å²) in [5.41, 5.74) is 11.9. The van der Waals surface area contributed by atoms with Gasteiger partial charge in [0.15, 0.2) is 11.6 Å². The monoisotopic (exact) mass is 269 g/mol. The largest absolute Gasteiger partial charge is 0.494 e. The maximum Gasteiger partial charge on any atom is 0.242 e. The number of hydrogen-bond acceptors (Lipinski definition) is 5. The number of amides is 1. The number of hydrogen-bond donors (Lipinski definition) is 2. The van der Waals surface area contributed by atoms with Crippen molar-refractivity contribution >= 4 is 17.3 Å². The minimum atomic E-state index is -0.619. The Bertz CT molecular complexity index is 495. The molecule has 1 heterocycles. The fourth-order valence-electron chi connectivity index (χ4n) is 2.09. The molecular formula is C12H16FN3O3. The first-order valence-electron chi connectivity index (χ1n) is 5.81. The van der Waals surface area contributed by atoms with Crippen molar-refractivity contribution in [3.05, 3.63) is 17.9 Å². The van der Waals surface area contributed by atoms with Crippen molar-refractivity contribution in [2.24, 2.45) is 5.73 Å². The van der Waals surface area contributed by atoms with Gasteiger partial charge in [-0.15, -0.1) is 0 Å². The number of carbonyl (C=O) groups excluding carboxylic acids is 1. The number of benzene rings is 1. The van der Waals surface area contributed by atoms with E-state index < -0.39 is 17.8 Å². The molecule has 0 aliphatic carbocycles. The predicted molar refractivity (Wildman–Crippen MR) is 68.5 cm³/mol. The highest BCUT2D eigenvalue weighted by Gasteiger charge is 2.29. The summed E-state index contributed by atoms with van der Waals surface area (Å²) in [7, 11) is 1.36. The molecule has 1 aliphatic rings. The highest BCUT2D eigenvalue weighted by Crippen LogP contribution is 2.32. The number of anilines is 2. The van der Waals surface area contributed by atoms with Crippen LogP contribution >= 0.6 is 0 Å². The quantitative estimate of drug-likeness (QED) is 0.760. The predicted octanol–water partition coefficient (Wildman–Crippen LogP) is 0.107. The number of methoxy groups -OCH3 is 1. The van der Waals surface area contributed by atoms with Gasteiger partial charge in [0.2, 0.25) is 5.91 Å². The molecule has 1 atom stereocenters. The summed E-state index contributed by atoms with van der Waals surface area (Å²) < 4.78 is 23.7. The van der Waals surface area contributed by atoms with Crippen molar-refractivity contribution in [2.75, 3.05) is 37.5 Å². The molecule has 1 aromatic carbocycles. The van der Waals surface area contributed by atoms with Crippen LogP contribution in [0.15, 0.2) is 12.1 Å². The molecule has 1 amide bonds. The SMILES string of the molecule is COc1cc(N2CCOCC2C(N)=O)c(N)cc1F. The number of halogens is 1. The van der Waals surface area contributed by atoms with E-state index in [-0.39, 0.29) is 18.0 Å². The Morgan fingerprint density at radius 1 is 1.58 bits per heavy atom. The lowest BCUT2D eigenvalue weighted by atomic mass is 10.1. The Kier molecular flexibility index (Phi) is 3.75. The molecule has 1 unspecified atom stereocenters. The standard InChI is InChI=1S/C12H16FN3O3/c1-18-11-5-9(8(14)4-7(11)13)16-2-3-19-6-10(16)12(15)17/h4-5,10H,2-3,6,14H2,1H3,(H2,15,17). The van der Waals surface area contributed by atoms with Crippen LogP contribution < -0.4 is 21.1 Å². The van der Waals surface area contributed by atoms with Crippen LogP contribution in [-0.4, -0.2) is 38.8 Å². The summed E-state index contributed by atoms with van der Waals surface area (Å²) in [6.45, 7) is 1.09. The molecule has 1 saturated heterocycles. The van der Waals surface area contributed by atoms with Crippen molar-refractivity contribution in [3.8, 4) is 5.75 Å². The number of nitrogens with zero attached hydrogens (tertiary/aromatic N) is 1. The van der Waals surface area contributed by atoms with Gasteiger partial charge in [0.05, 0.1) is 31.7 Å². The summed E-state index contributed by atoms with van der Waals surface area (Å²) in [5.74, 6) is -0.992. The first-order valence-corrected chi connectivity index (χ1v) is 5.81. The molecule has 4 N–H and O–H groups in total. The number of primary amides is 1. The number of nitrogens with two attached hydrogens (primary N) is 2. The lowest BCUT2D eigenvalue weighted by molar-refractivity contribution is -0.121. The molecule has 1 aliphatic heterocycles. The van der Waals surface area contributed by atoms with Crippen LogP contribution in [0, 0.1) is 5.82 Å². The van der Waals surface area contributed by atoms with E-state index >= 15 is 0 Å². The average Bonchev–Trinajstić information content (AvgIpc) is 2.39. The zero-order valence-corrected chi connectivity index (χ0v) is 10.6. The van der Waals surface area contributed by atoms with Gasteiger partial charge in [-0.25, -0.2) is 4.39 Å². The number of morpholine rings is 1. The van der Waals surface area contributed by atoms with Crippen molar-refractivity contribution in [1.29, 1.82) is 0 Å². The van der Waals surface area contributed by atoms with Gasteiger partial charge in [-0.1, -0.05) is 0 Å². The van der Waals surface area contributed by atoms with Gasteiger partial charge >= 0.3 is 0 Å². The van der Waals surface area contributed by atoms with Gasteiger partial charge in [-0.05, 0) is 0 Å². The van der Waals surface area contributed by atoms with E-state index in [1.54, 1.807) is 4.90 Å². The van der Waals surface area contributed by atoms with Crippen molar-refractivity contribution in [2.45, 2.75) is 6.04 Å². The van der Waals surface area contributed by atoms with Gasteiger partial charge in [-0.3, -0.25) is 4.79 Å². The molecular weight excluding hydrogens is 253 g/mol. The highest BCUT2D eigenvalue weighted by atomic mass is 19.1. The van der Waals surface area contributed by atoms with Crippen LogP contribution in [0.3, 0.4) is 0 Å². The molecule has 7 heteroatoms. The molecule has 0 bridgehead atoms. The molecule has 0 aromatic heterocycles. The van der Waals surface area contributed by atoms with E-state index in [2.05, 4.69) is 0 Å². The molecule has 104 valence electrons. The van der Waals surface area contributed by atoms with Gasteiger partial charge in [0.1, 0.15) is 6.04 Å². The van der Waals surface area contributed by atoms with Crippen molar-refractivity contribution in [1.82, 2.24) is 0 Å². The molecule has 0 spiro atoms. The Balaban J connectivity index is 2.41. The highest BCUT2D eigenvalue weighted by molar-refractivity contribution is 5.86. The number of nitrogen functional groups attached to an aromatic ring is 1. The second kappa shape index (κ2) is 5.31. The van der Waals surface area contributed by atoms with Crippen molar-refractivity contribution in [3.63, 3.8) is 0 Å². The first kappa shape index (κ1) is 13.4. The second-order valence-corrected chi connectivity index (χ2v) is 4.23. The molecule has 6 nitrogen and oxygen atoms in total. The summed E-state index contributed by atoms with van der Waals surface area (Å²) >= 11 is 0. The van der Waals surface area contributed by atoms with Crippen LogP contribution in [0.25, 0.3) is 0 Å². The summed E-state index contributed by atoms with van der Waals surface area (Å²) in [6.07, 6.45) is 0. The van der Waals surface area contributed by atoms with E-state index in [0.717, 1.165) is 0 Å². The Hall–Kier alpha value is -2.02. The zero-order valence-electron chi connectivity index (χ0n) is 10.6. The van der Waals surface area contributed by atoms with Gasteiger partial charge in [0.25, 0.3) is 0 Å². The number of rotatable bonds is 3. The summed E-state index contributed by atoms with van der Waals surface area (Å²) in [6, 6.07) is 2.01. The lowest BCUT2D eigenvalue weighted by Crippen LogP contribution is -2.52. The lowest BCUT2D eigenvalue weighted by Gasteiger charge is -2.36. The third-order valence-corrected chi connectivity index (χ3v) is 3.07. The fourth-order valence-corrected chi connectivity index (χ4v) is 2.09. The Labute approximate surface area is 110 Å². The van der Waals surface area contributed by atoms with E-state index in [1.807, 2.05) is 0 Å². The number of ether oxygens (including phenoxy) is 2. The summed E-state index contributed by atoms with van der Waals surface area (Å²) in [5, 5.41) is 0. The molecule has 0 radical (unpaired) electrons. The Morgan fingerprint density at radius 3 is 2.95 bits per heavy atom. The maximum atomic E-state index is 13.5. The topological polar surface area (TPSA) is 90.8 Å². The number of carbonyl (C=O) groups is 1. The smallest absolute Gasteiger partial charge is 0.242 e. The normalized spacial score (nSPS) is 19.3. The second-order valence-electron chi connectivity index (χ2n) is 4.23. The molecule has 1 fully saturated rings. The average molecular weight is 269 g/mol. The minimum Gasteiger partial charge on any atom is -0.494 e. The van der Waals surface area contributed by atoms with Crippen LogP contribution in [0.2, 0.25) is 0 Å². The van der Waals surface area contributed by atoms with E-state index in [9.17, 15) is 9.18 Å². The van der Waals surface area contributed by atoms with Gasteiger partial charge in [-0.2, -0.15) is 0 Å². The summed E-state index contributed by atoms with van der Waals surface area (Å²) in [4.78, 5) is 13.1. The van der Waals surface area contributed by atoms with E-state index in [1.165, 1.54) is 19.2 Å².